The number of hydrogen-bond acceptors (Lipinski definition) is 3. The smallest absolute Gasteiger partial charge is 0.233 e. The van der Waals surface area contributed by atoms with Crippen molar-refractivity contribution in [2.45, 2.75) is 38.8 Å². The van der Waals surface area contributed by atoms with Crippen molar-refractivity contribution in [1.82, 2.24) is 15.5 Å². The van der Waals surface area contributed by atoms with Crippen molar-refractivity contribution in [1.29, 1.82) is 0 Å². The molecule has 0 radical (unpaired) electrons. The van der Waals surface area contributed by atoms with Gasteiger partial charge in [0.05, 0.1) is 6.54 Å². The van der Waals surface area contributed by atoms with Crippen molar-refractivity contribution >= 4 is 5.91 Å². The molecule has 2 rings (SSSR count). The largest absolute Gasteiger partial charge is 0.358 e. The van der Waals surface area contributed by atoms with Gasteiger partial charge in [-0.15, -0.1) is 0 Å². The third-order valence-corrected chi connectivity index (χ3v) is 4.62. The van der Waals surface area contributed by atoms with E-state index in [1.54, 1.807) is 13.1 Å². The first-order valence-corrected chi connectivity index (χ1v) is 8.54. The van der Waals surface area contributed by atoms with Crippen LogP contribution in [-0.4, -0.2) is 43.5 Å². The van der Waals surface area contributed by atoms with Crippen LogP contribution in [0.15, 0.2) is 18.2 Å². The molecule has 1 aromatic carbocycles. The van der Waals surface area contributed by atoms with Crippen molar-refractivity contribution in [2.75, 3.05) is 26.7 Å². The normalized spacial score (nSPS) is 17.9. The highest BCUT2D eigenvalue weighted by Gasteiger charge is 2.25. The van der Waals surface area contributed by atoms with Crippen LogP contribution in [0.2, 0.25) is 0 Å². The monoisotopic (exact) mass is 339 g/mol. The summed E-state index contributed by atoms with van der Waals surface area (Å²) >= 11 is 0. The minimum atomic E-state index is -0.816. The van der Waals surface area contributed by atoms with Crippen LogP contribution in [0, 0.1) is 17.6 Å². The number of hydrogen-bond donors (Lipinski definition) is 2. The molecule has 2 N–H and O–H groups in total. The van der Waals surface area contributed by atoms with E-state index in [-0.39, 0.29) is 17.9 Å². The van der Waals surface area contributed by atoms with Gasteiger partial charge in [0.2, 0.25) is 5.91 Å². The molecular formula is C18H27F2N3O. The van der Waals surface area contributed by atoms with Crippen LogP contribution >= 0.6 is 0 Å². The SMILES string of the molecule is CNC(=O)CN1CCC(N[C@H](c2ccc(F)c(F)c2)C(C)C)CC1. The fraction of sp³-hybridized carbons (Fsp3) is 0.611. The Balaban J connectivity index is 1.95. The Bertz CT molecular complexity index is 557. The van der Waals surface area contributed by atoms with E-state index in [1.807, 2.05) is 0 Å². The van der Waals surface area contributed by atoms with Gasteiger partial charge in [0.15, 0.2) is 11.6 Å². The first-order valence-electron chi connectivity index (χ1n) is 8.54. The van der Waals surface area contributed by atoms with E-state index < -0.39 is 11.6 Å². The van der Waals surface area contributed by atoms with E-state index >= 15 is 0 Å². The second-order valence-electron chi connectivity index (χ2n) is 6.79. The Morgan fingerprint density at radius 1 is 1.25 bits per heavy atom. The zero-order valence-corrected chi connectivity index (χ0v) is 14.6. The van der Waals surface area contributed by atoms with Crippen LogP contribution in [0.5, 0.6) is 0 Å². The van der Waals surface area contributed by atoms with Gasteiger partial charge in [-0.3, -0.25) is 9.69 Å². The molecule has 0 spiro atoms. The summed E-state index contributed by atoms with van der Waals surface area (Å²) in [5, 5.41) is 6.23. The maximum atomic E-state index is 13.5. The maximum absolute atomic E-state index is 13.5. The molecule has 0 aliphatic carbocycles. The first kappa shape index (κ1) is 18.8. The van der Waals surface area contributed by atoms with E-state index in [9.17, 15) is 13.6 Å². The molecule has 1 aliphatic heterocycles. The lowest BCUT2D eigenvalue weighted by atomic mass is 9.93. The average Bonchev–Trinajstić information content (AvgIpc) is 2.56. The van der Waals surface area contributed by atoms with Crippen molar-refractivity contribution in [3.63, 3.8) is 0 Å². The van der Waals surface area contributed by atoms with Crippen molar-refractivity contribution in [3.05, 3.63) is 35.4 Å². The van der Waals surface area contributed by atoms with E-state index in [1.165, 1.54) is 12.1 Å². The Kier molecular flexibility index (Phi) is 6.69. The van der Waals surface area contributed by atoms with Gasteiger partial charge in [0.1, 0.15) is 0 Å². The summed E-state index contributed by atoms with van der Waals surface area (Å²) in [4.78, 5) is 13.6. The van der Waals surface area contributed by atoms with Crippen molar-refractivity contribution in [3.8, 4) is 0 Å². The predicted octanol–water partition coefficient (Wildman–Crippen LogP) is 2.46. The minimum Gasteiger partial charge on any atom is -0.358 e. The molecule has 0 saturated carbocycles. The number of likely N-dealkylation sites (tertiary alicyclic amines) is 1. The average molecular weight is 339 g/mol. The highest BCUT2D eigenvalue weighted by molar-refractivity contribution is 5.77. The van der Waals surface area contributed by atoms with Gasteiger partial charge >= 0.3 is 0 Å². The number of halogens is 2. The van der Waals surface area contributed by atoms with Gasteiger partial charge in [0.25, 0.3) is 0 Å². The molecular weight excluding hydrogens is 312 g/mol. The molecule has 1 fully saturated rings. The third-order valence-electron chi connectivity index (χ3n) is 4.62. The van der Waals surface area contributed by atoms with E-state index in [4.69, 9.17) is 0 Å². The summed E-state index contributed by atoms with van der Waals surface area (Å²) in [7, 11) is 1.64. The molecule has 24 heavy (non-hydrogen) atoms. The van der Waals surface area contributed by atoms with Crippen LogP contribution in [0.1, 0.15) is 38.3 Å². The van der Waals surface area contributed by atoms with Crippen LogP contribution in [0.25, 0.3) is 0 Å². The molecule has 0 bridgehead atoms. The Morgan fingerprint density at radius 3 is 2.46 bits per heavy atom. The number of nitrogens with zero attached hydrogens (tertiary/aromatic N) is 1. The van der Waals surface area contributed by atoms with Crippen molar-refractivity contribution < 1.29 is 13.6 Å². The summed E-state index contributed by atoms with van der Waals surface area (Å²) in [6, 6.07) is 4.42. The summed E-state index contributed by atoms with van der Waals surface area (Å²) in [6.45, 7) is 6.28. The molecule has 1 aliphatic rings. The second kappa shape index (κ2) is 8.53. The number of carbonyl (C=O) groups excluding carboxylic acids is 1. The minimum absolute atomic E-state index is 0.0180. The number of carbonyl (C=O) groups is 1. The van der Waals surface area contributed by atoms with Crippen LogP contribution in [0.4, 0.5) is 8.78 Å². The molecule has 1 heterocycles. The molecule has 0 unspecified atom stereocenters. The van der Waals surface area contributed by atoms with Crippen LogP contribution in [-0.2, 0) is 4.79 Å². The molecule has 0 aromatic heterocycles. The molecule has 1 aromatic rings. The second-order valence-corrected chi connectivity index (χ2v) is 6.79. The van der Waals surface area contributed by atoms with E-state index in [2.05, 4.69) is 29.4 Å². The maximum Gasteiger partial charge on any atom is 0.233 e. The molecule has 1 atom stereocenters. The molecule has 1 saturated heterocycles. The zero-order valence-electron chi connectivity index (χ0n) is 14.6. The van der Waals surface area contributed by atoms with E-state index in [0.717, 1.165) is 31.5 Å². The van der Waals surface area contributed by atoms with Gasteiger partial charge in [-0.05, 0) is 36.5 Å². The van der Waals surface area contributed by atoms with E-state index in [0.29, 0.717) is 12.6 Å². The summed E-state index contributed by atoms with van der Waals surface area (Å²) in [5.41, 5.74) is 0.775. The molecule has 4 nitrogen and oxygen atoms in total. The van der Waals surface area contributed by atoms with Crippen LogP contribution < -0.4 is 10.6 Å². The number of benzene rings is 1. The Labute approximate surface area is 142 Å². The fourth-order valence-electron chi connectivity index (χ4n) is 3.17. The summed E-state index contributed by atoms with van der Waals surface area (Å²) in [5.74, 6) is -1.33. The molecule has 1 amide bonds. The lowest BCUT2D eigenvalue weighted by Crippen LogP contribution is -2.47. The first-order chi connectivity index (χ1) is 11.4. The lowest BCUT2D eigenvalue weighted by molar-refractivity contribution is -0.122. The fourth-order valence-corrected chi connectivity index (χ4v) is 3.17. The molecule has 6 heteroatoms. The number of rotatable bonds is 6. The lowest BCUT2D eigenvalue weighted by Gasteiger charge is -2.35. The third kappa shape index (κ3) is 4.98. The van der Waals surface area contributed by atoms with Crippen molar-refractivity contribution in [2.24, 2.45) is 5.92 Å². The van der Waals surface area contributed by atoms with Crippen LogP contribution in [0.3, 0.4) is 0 Å². The highest BCUT2D eigenvalue weighted by Crippen LogP contribution is 2.25. The van der Waals surface area contributed by atoms with Gasteiger partial charge in [-0.2, -0.15) is 0 Å². The van der Waals surface area contributed by atoms with Gasteiger partial charge in [-0.25, -0.2) is 8.78 Å². The van der Waals surface area contributed by atoms with Gasteiger partial charge < -0.3 is 10.6 Å². The Morgan fingerprint density at radius 2 is 1.92 bits per heavy atom. The summed E-state index contributed by atoms with van der Waals surface area (Å²) in [6.07, 6.45) is 1.87. The number of piperidine rings is 1. The summed E-state index contributed by atoms with van der Waals surface area (Å²) < 4.78 is 26.7. The predicted molar refractivity (Wildman–Crippen MR) is 90.6 cm³/mol. The van der Waals surface area contributed by atoms with Gasteiger partial charge in [-0.1, -0.05) is 19.9 Å². The number of amides is 1. The zero-order chi connectivity index (χ0) is 17.7. The molecule has 134 valence electrons. The standard InChI is InChI=1S/C18H27F2N3O/c1-12(2)18(13-4-5-15(19)16(20)10-13)22-14-6-8-23(9-7-14)11-17(24)21-3/h4-5,10,12,14,18,22H,6-9,11H2,1-3H3,(H,21,24)/t18-/m0/s1. The topological polar surface area (TPSA) is 44.4 Å². The number of nitrogens with one attached hydrogen (secondary N) is 2. The highest BCUT2D eigenvalue weighted by atomic mass is 19.2. The van der Waals surface area contributed by atoms with Gasteiger partial charge in [0, 0.05) is 32.2 Å². The quantitative estimate of drug-likeness (QED) is 0.837. The number of likely N-dealkylation sites (N-methyl/N-ethyl adjacent to an activating group) is 1. The Hall–Kier alpha value is -1.53.